The summed E-state index contributed by atoms with van der Waals surface area (Å²) in [6, 6.07) is 15.1. The molecular formula is C22H18ClN3O4. The fourth-order valence-corrected chi connectivity index (χ4v) is 3.10. The van der Waals surface area contributed by atoms with Crippen molar-refractivity contribution in [1.82, 2.24) is 9.56 Å². The summed E-state index contributed by atoms with van der Waals surface area (Å²) in [4.78, 5) is 29.1. The molecule has 0 fully saturated rings. The van der Waals surface area contributed by atoms with Gasteiger partial charge < -0.3 is 14.6 Å². The lowest BCUT2D eigenvalue weighted by Gasteiger charge is -2.13. The van der Waals surface area contributed by atoms with E-state index in [9.17, 15) is 9.59 Å². The molecule has 0 unspecified atom stereocenters. The number of halogens is 1. The van der Waals surface area contributed by atoms with Crippen LogP contribution in [0.25, 0.3) is 5.65 Å². The Bertz CT molecular complexity index is 1290. The first-order chi connectivity index (χ1) is 14.4. The van der Waals surface area contributed by atoms with Crippen molar-refractivity contribution in [3.63, 3.8) is 0 Å². The molecule has 0 aliphatic carbocycles. The van der Waals surface area contributed by atoms with Crippen LogP contribution in [0.15, 0.2) is 63.9 Å². The molecule has 7 nitrogen and oxygen atoms in total. The largest absolute Gasteiger partial charge is 0.485 e. The third kappa shape index (κ3) is 4.21. The number of carbonyl (C=O) groups excluding carboxylic acids is 1. The molecule has 0 saturated carbocycles. The molecule has 30 heavy (non-hydrogen) atoms. The molecule has 2 heterocycles. The zero-order valence-corrected chi connectivity index (χ0v) is 17.1. The van der Waals surface area contributed by atoms with Gasteiger partial charge in [-0.15, -0.1) is 4.57 Å². The number of hydrogen-bond acceptors (Lipinski definition) is 5. The number of benzene rings is 2. The molecule has 0 aliphatic rings. The Hall–Kier alpha value is -3.58. The van der Waals surface area contributed by atoms with E-state index in [1.54, 1.807) is 43.3 Å². The van der Waals surface area contributed by atoms with Crippen LogP contribution in [0.2, 0.25) is 5.02 Å². The molecule has 0 atom stereocenters. The molecule has 1 amide bonds. The highest BCUT2D eigenvalue weighted by atomic mass is 35.5. The number of ether oxygens (including phenoxy) is 1. The molecule has 4 aromatic rings. The lowest BCUT2D eigenvalue weighted by molar-refractivity contribution is 0.102. The van der Waals surface area contributed by atoms with Crippen molar-refractivity contribution in [3.05, 3.63) is 92.6 Å². The zero-order chi connectivity index (χ0) is 21.3. The summed E-state index contributed by atoms with van der Waals surface area (Å²) in [7, 11) is 0. The Kier molecular flexibility index (Phi) is 5.29. The van der Waals surface area contributed by atoms with Crippen LogP contribution in [-0.2, 0) is 6.61 Å². The Labute approximate surface area is 176 Å². The highest BCUT2D eigenvalue weighted by Crippen LogP contribution is 2.29. The second kappa shape index (κ2) is 8.04. The van der Waals surface area contributed by atoms with Crippen molar-refractivity contribution < 1.29 is 14.1 Å². The van der Waals surface area contributed by atoms with Gasteiger partial charge >= 0.3 is 0 Å². The predicted octanol–water partition coefficient (Wildman–Crippen LogP) is 4.39. The van der Waals surface area contributed by atoms with E-state index in [1.807, 2.05) is 19.1 Å². The van der Waals surface area contributed by atoms with Crippen molar-refractivity contribution in [3.8, 4) is 5.75 Å². The second-order valence-electron chi connectivity index (χ2n) is 6.83. The molecule has 0 spiro atoms. The van der Waals surface area contributed by atoms with Gasteiger partial charge in [0, 0.05) is 22.7 Å². The van der Waals surface area contributed by atoms with Gasteiger partial charge in [-0.25, -0.2) is 4.98 Å². The van der Waals surface area contributed by atoms with Crippen molar-refractivity contribution in [2.45, 2.75) is 20.5 Å². The van der Waals surface area contributed by atoms with Crippen LogP contribution in [0.5, 0.6) is 5.75 Å². The molecule has 1 N–H and O–H groups in total. The van der Waals surface area contributed by atoms with E-state index >= 15 is 0 Å². The number of aryl methyl sites for hydroxylation is 2. The Morgan fingerprint density at radius 1 is 1.13 bits per heavy atom. The van der Waals surface area contributed by atoms with Crippen LogP contribution < -0.4 is 15.6 Å². The average molecular weight is 424 g/mol. The van der Waals surface area contributed by atoms with Crippen LogP contribution in [0.4, 0.5) is 5.69 Å². The normalized spacial score (nSPS) is 10.9. The van der Waals surface area contributed by atoms with Gasteiger partial charge in [0.1, 0.15) is 18.1 Å². The van der Waals surface area contributed by atoms with Gasteiger partial charge in [0.2, 0.25) is 0 Å². The van der Waals surface area contributed by atoms with E-state index in [4.69, 9.17) is 20.9 Å². The van der Waals surface area contributed by atoms with E-state index in [2.05, 4.69) is 10.3 Å². The molecular weight excluding hydrogens is 406 g/mol. The minimum atomic E-state index is -0.337. The minimum Gasteiger partial charge on any atom is -0.485 e. The first kappa shape index (κ1) is 19.7. The first-order valence-electron chi connectivity index (χ1n) is 9.19. The zero-order valence-electron chi connectivity index (χ0n) is 16.3. The van der Waals surface area contributed by atoms with E-state index in [-0.39, 0.29) is 18.1 Å². The van der Waals surface area contributed by atoms with Crippen molar-refractivity contribution in [1.29, 1.82) is 0 Å². The molecule has 2 aromatic heterocycles. The van der Waals surface area contributed by atoms with Crippen LogP contribution in [-0.4, -0.2) is 15.5 Å². The topological polar surface area (TPSA) is 85.8 Å². The van der Waals surface area contributed by atoms with Crippen LogP contribution in [0.1, 0.15) is 27.4 Å². The molecule has 0 bridgehead atoms. The number of amides is 1. The fourth-order valence-electron chi connectivity index (χ4n) is 2.92. The number of carbonyl (C=O) groups is 1. The predicted molar refractivity (Wildman–Crippen MR) is 113 cm³/mol. The van der Waals surface area contributed by atoms with E-state index in [1.165, 1.54) is 6.07 Å². The Morgan fingerprint density at radius 2 is 1.90 bits per heavy atom. The SMILES string of the molecule is Cc1ccc(C(=O)Nc2cc(Cl)ccc2OCc2cc(=O)n3oc(C)cc3n2)cc1. The van der Waals surface area contributed by atoms with Gasteiger partial charge in [-0.2, -0.15) is 0 Å². The number of fused-ring (bicyclic) bond motifs is 1. The standard InChI is InChI=1S/C22H18ClN3O4/c1-13-3-5-15(6-4-13)22(28)25-18-10-16(23)7-8-19(18)29-12-17-11-21(27)26-20(24-17)9-14(2)30-26/h3-11H,12H2,1-2H3,(H,25,28). The van der Waals surface area contributed by atoms with Gasteiger partial charge in [0.25, 0.3) is 11.5 Å². The maximum absolute atomic E-state index is 12.6. The summed E-state index contributed by atoms with van der Waals surface area (Å²) < 4.78 is 12.2. The van der Waals surface area contributed by atoms with Crippen molar-refractivity contribution in [2.75, 3.05) is 5.32 Å². The Morgan fingerprint density at radius 3 is 2.67 bits per heavy atom. The van der Waals surface area contributed by atoms with Crippen molar-refractivity contribution >= 4 is 28.8 Å². The molecule has 2 aromatic carbocycles. The number of hydrogen-bond donors (Lipinski definition) is 1. The number of nitrogens with one attached hydrogen (secondary N) is 1. The number of nitrogens with zero attached hydrogens (tertiary/aromatic N) is 2. The van der Waals surface area contributed by atoms with Crippen LogP contribution in [0, 0.1) is 13.8 Å². The average Bonchev–Trinajstić information content (AvgIpc) is 3.09. The number of rotatable bonds is 5. The first-order valence-corrected chi connectivity index (χ1v) is 9.57. The highest BCUT2D eigenvalue weighted by Gasteiger charge is 2.13. The highest BCUT2D eigenvalue weighted by molar-refractivity contribution is 6.31. The smallest absolute Gasteiger partial charge is 0.287 e. The lowest BCUT2D eigenvalue weighted by atomic mass is 10.1. The number of anilines is 1. The molecule has 0 aliphatic heterocycles. The molecule has 152 valence electrons. The third-order valence-electron chi connectivity index (χ3n) is 4.40. The van der Waals surface area contributed by atoms with E-state index < -0.39 is 0 Å². The minimum absolute atomic E-state index is 0.0327. The van der Waals surface area contributed by atoms with Crippen LogP contribution in [0.3, 0.4) is 0 Å². The van der Waals surface area contributed by atoms with E-state index in [0.29, 0.717) is 39.1 Å². The monoisotopic (exact) mass is 423 g/mol. The van der Waals surface area contributed by atoms with Gasteiger partial charge in [-0.3, -0.25) is 9.59 Å². The summed E-state index contributed by atoms with van der Waals surface area (Å²) in [6.07, 6.45) is 0. The molecule has 8 heteroatoms. The van der Waals surface area contributed by atoms with E-state index in [0.717, 1.165) is 10.1 Å². The Balaban J connectivity index is 1.55. The molecule has 4 rings (SSSR count). The second-order valence-corrected chi connectivity index (χ2v) is 7.27. The quantitative estimate of drug-likeness (QED) is 0.514. The maximum atomic E-state index is 12.6. The number of aromatic nitrogens is 2. The van der Waals surface area contributed by atoms with Crippen LogP contribution >= 0.6 is 11.6 Å². The lowest BCUT2D eigenvalue weighted by Crippen LogP contribution is -2.15. The third-order valence-corrected chi connectivity index (χ3v) is 4.64. The van der Waals surface area contributed by atoms with Gasteiger partial charge in [-0.05, 0) is 44.2 Å². The summed E-state index contributed by atoms with van der Waals surface area (Å²) in [5.41, 5.74) is 2.50. The van der Waals surface area contributed by atoms with Gasteiger partial charge in [-0.1, -0.05) is 29.3 Å². The van der Waals surface area contributed by atoms with Gasteiger partial charge in [0.05, 0.1) is 11.4 Å². The summed E-state index contributed by atoms with van der Waals surface area (Å²) >= 11 is 6.10. The van der Waals surface area contributed by atoms with Gasteiger partial charge in [0.15, 0.2) is 5.65 Å². The summed E-state index contributed by atoms with van der Waals surface area (Å²) in [6.45, 7) is 3.72. The maximum Gasteiger partial charge on any atom is 0.287 e. The van der Waals surface area contributed by atoms with Crippen molar-refractivity contribution in [2.24, 2.45) is 0 Å². The molecule has 0 radical (unpaired) electrons. The summed E-state index contributed by atoms with van der Waals surface area (Å²) in [5.74, 6) is 0.704. The molecule has 0 saturated heterocycles. The summed E-state index contributed by atoms with van der Waals surface area (Å²) in [5, 5.41) is 3.27. The fraction of sp³-hybridized carbons (Fsp3) is 0.136.